The Labute approximate surface area is 155 Å². The van der Waals surface area contributed by atoms with Crippen molar-refractivity contribution in [1.82, 2.24) is 15.1 Å². The molecule has 1 fully saturated rings. The standard InChI is InChI=1S/C21H29N3O2/c1-25-12-4-11-24-18(7-10-23-24)16-22-20-19-6-3-2-5-17(19)15-21(20)8-13-26-14-9-21/h2-3,5-7,10,20,22H,4,8-9,11-16H2,1H3. The lowest BCUT2D eigenvalue weighted by Gasteiger charge is -2.39. The third kappa shape index (κ3) is 3.43. The first-order chi connectivity index (χ1) is 12.8. The van der Waals surface area contributed by atoms with Crippen molar-refractivity contribution in [3.63, 3.8) is 0 Å². The Bertz CT molecular complexity index is 722. The SMILES string of the molecule is COCCCn1nccc1CNC1c2ccccc2CC12CCOCC2. The van der Waals surface area contributed by atoms with Crippen molar-refractivity contribution in [3.05, 3.63) is 53.3 Å². The molecule has 0 saturated carbocycles. The summed E-state index contributed by atoms with van der Waals surface area (Å²) in [6.45, 7) is 4.26. The second-order valence-corrected chi connectivity index (χ2v) is 7.56. The van der Waals surface area contributed by atoms with Crippen LogP contribution < -0.4 is 5.32 Å². The highest BCUT2D eigenvalue weighted by Gasteiger charge is 2.46. The van der Waals surface area contributed by atoms with E-state index in [1.54, 1.807) is 7.11 Å². The zero-order valence-electron chi connectivity index (χ0n) is 15.6. The predicted octanol–water partition coefficient (Wildman–Crippen LogP) is 3.10. The second-order valence-electron chi connectivity index (χ2n) is 7.56. The maximum Gasteiger partial charge on any atom is 0.0522 e. The molecule has 1 unspecified atom stereocenters. The topological polar surface area (TPSA) is 48.3 Å². The van der Waals surface area contributed by atoms with Gasteiger partial charge >= 0.3 is 0 Å². The smallest absolute Gasteiger partial charge is 0.0522 e. The maximum absolute atomic E-state index is 5.67. The van der Waals surface area contributed by atoms with Crippen molar-refractivity contribution in [1.29, 1.82) is 0 Å². The average Bonchev–Trinajstić information content (AvgIpc) is 3.23. The van der Waals surface area contributed by atoms with Crippen LogP contribution in [0.3, 0.4) is 0 Å². The van der Waals surface area contributed by atoms with Gasteiger partial charge in [-0.15, -0.1) is 0 Å². The van der Waals surface area contributed by atoms with E-state index in [1.165, 1.54) is 16.8 Å². The molecule has 1 spiro atoms. The van der Waals surface area contributed by atoms with Crippen LogP contribution in [0.4, 0.5) is 0 Å². The largest absolute Gasteiger partial charge is 0.385 e. The Morgan fingerprint density at radius 2 is 2.12 bits per heavy atom. The van der Waals surface area contributed by atoms with Crippen LogP contribution in [-0.2, 0) is 29.0 Å². The summed E-state index contributed by atoms with van der Waals surface area (Å²) >= 11 is 0. The van der Waals surface area contributed by atoms with Crippen LogP contribution in [0.25, 0.3) is 0 Å². The second kappa shape index (κ2) is 7.91. The molecule has 5 nitrogen and oxygen atoms in total. The van der Waals surface area contributed by atoms with E-state index in [9.17, 15) is 0 Å². The Hall–Kier alpha value is -1.69. The van der Waals surface area contributed by atoms with Crippen molar-refractivity contribution >= 4 is 0 Å². The fourth-order valence-corrected chi connectivity index (χ4v) is 4.63. The van der Waals surface area contributed by atoms with Gasteiger partial charge in [0.25, 0.3) is 0 Å². The Kier molecular flexibility index (Phi) is 5.38. The van der Waals surface area contributed by atoms with E-state index in [0.717, 1.165) is 58.6 Å². The Morgan fingerprint density at radius 3 is 2.96 bits per heavy atom. The molecule has 0 bridgehead atoms. The van der Waals surface area contributed by atoms with E-state index >= 15 is 0 Å². The van der Waals surface area contributed by atoms with E-state index in [-0.39, 0.29) is 0 Å². The van der Waals surface area contributed by atoms with Gasteiger partial charge in [0, 0.05) is 52.3 Å². The minimum absolute atomic E-state index is 0.294. The Balaban J connectivity index is 1.50. The predicted molar refractivity (Wildman–Crippen MR) is 101 cm³/mol. The number of nitrogens with zero attached hydrogens (tertiary/aromatic N) is 2. The lowest BCUT2D eigenvalue weighted by atomic mass is 9.74. The third-order valence-electron chi connectivity index (χ3n) is 6.02. The molecule has 2 aromatic rings. The molecule has 5 heteroatoms. The van der Waals surface area contributed by atoms with Gasteiger partial charge in [0.2, 0.25) is 0 Å². The van der Waals surface area contributed by atoms with Crippen LogP contribution in [0.15, 0.2) is 36.5 Å². The number of nitrogens with one attached hydrogen (secondary N) is 1. The molecule has 0 radical (unpaired) electrons. The molecule has 2 heterocycles. The van der Waals surface area contributed by atoms with E-state index in [1.807, 2.05) is 6.20 Å². The van der Waals surface area contributed by atoms with E-state index in [0.29, 0.717) is 11.5 Å². The van der Waals surface area contributed by atoms with Crippen molar-refractivity contribution in [2.24, 2.45) is 5.41 Å². The van der Waals surface area contributed by atoms with Crippen LogP contribution in [-0.4, -0.2) is 36.7 Å². The van der Waals surface area contributed by atoms with Gasteiger partial charge in [0.1, 0.15) is 0 Å². The van der Waals surface area contributed by atoms with Gasteiger partial charge in [-0.05, 0) is 48.3 Å². The molecule has 1 N–H and O–H groups in total. The van der Waals surface area contributed by atoms with Crippen molar-refractivity contribution in [3.8, 4) is 0 Å². The summed E-state index contributed by atoms with van der Waals surface area (Å²) in [6.07, 6.45) is 6.31. The van der Waals surface area contributed by atoms with Crippen LogP contribution in [0.1, 0.15) is 42.1 Å². The van der Waals surface area contributed by atoms with E-state index < -0.39 is 0 Å². The highest BCUT2D eigenvalue weighted by molar-refractivity contribution is 5.38. The molecular formula is C21H29N3O2. The minimum atomic E-state index is 0.294. The number of hydrogen-bond donors (Lipinski definition) is 1. The van der Waals surface area contributed by atoms with Crippen LogP contribution in [0, 0.1) is 5.41 Å². The number of benzene rings is 1. The van der Waals surface area contributed by atoms with Crippen LogP contribution >= 0.6 is 0 Å². The summed E-state index contributed by atoms with van der Waals surface area (Å²) in [5.74, 6) is 0. The first-order valence-electron chi connectivity index (χ1n) is 9.71. The van der Waals surface area contributed by atoms with Gasteiger partial charge in [-0.1, -0.05) is 24.3 Å². The van der Waals surface area contributed by atoms with Gasteiger partial charge in [-0.25, -0.2) is 0 Å². The van der Waals surface area contributed by atoms with Gasteiger partial charge in [0.15, 0.2) is 0 Å². The quantitative estimate of drug-likeness (QED) is 0.776. The number of fused-ring (bicyclic) bond motifs is 1. The summed E-state index contributed by atoms with van der Waals surface area (Å²) in [6, 6.07) is 11.4. The van der Waals surface area contributed by atoms with E-state index in [2.05, 4.69) is 45.4 Å². The van der Waals surface area contributed by atoms with Gasteiger partial charge in [-0.2, -0.15) is 5.10 Å². The summed E-state index contributed by atoms with van der Waals surface area (Å²) in [5, 5.41) is 8.37. The van der Waals surface area contributed by atoms with Crippen molar-refractivity contribution < 1.29 is 9.47 Å². The zero-order valence-corrected chi connectivity index (χ0v) is 15.6. The molecule has 4 rings (SSSR count). The van der Waals surface area contributed by atoms with Crippen molar-refractivity contribution in [2.75, 3.05) is 26.9 Å². The monoisotopic (exact) mass is 355 g/mol. The van der Waals surface area contributed by atoms with Crippen LogP contribution in [0.5, 0.6) is 0 Å². The lowest BCUT2D eigenvalue weighted by Crippen LogP contribution is -2.40. The fourth-order valence-electron chi connectivity index (χ4n) is 4.63. The van der Waals surface area contributed by atoms with Gasteiger partial charge in [-0.3, -0.25) is 4.68 Å². The molecule has 1 aliphatic heterocycles. The number of ether oxygens (including phenoxy) is 2. The summed E-state index contributed by atoms with van der Waals surface area (Å²) in [7, 11) is 1.75. The molecule has 140 valence electrons. The Morgan fingerprint density at radius 1 is 1.27 bits per heavy atom. The van der Waals surface area contributed by atoms with Gasteiger partial charge in [0.05, 0.1) is 5.69 Å². The number of aryl methyl sites for hydroxylation is 1. The van der Waals surface area contributed by atoms with E-state index in [4.69, 9.17) is 9.47 Å². The number of hydrogen-bond acceptors (Lipinski definition) is 4. The molecule has 1 aliphatic carbocycles. The maximum atomic E-state index is 5.67. The molecule has 1 atom stereocenters. The summed E-state index contributed by atoms with van der Waals surface area (Å²) in [5.41, 5.74) is 4.51. The summed E-state index contributed by atoms with van der Waals surface area (Å²) < 4.78 is 12.9. The number of methoxy groups -OCH3 is 1. The highest BCUT2D eigenvalue weighted by atomic mass is 16.5. The van der Waals surface area contributed by atoms with Crippen molar-refractivity contribution in [2.45, 2.75) is 44.8 Å². The first-order valence-corrected chi connectivity index (χ1v) is 9.71. The highest BCUT2D eigenvalue weighted by Crippen LogP contribution is 2.51. The number of rotatable bonds is 7. The van der Waals surface area contributed by atoms with Crippen LogP contribution in [0.2, 0.25) is 0 Å². The zero-order chi connectivity index (χ0) is 17.8. The molecular weight excluding hydrogens is 326 g/mol. The first kappa shape index (κ1) is 17.7. The molecule has 1 aromatic heterocycles. The third-order valence-corrected chi connectivity index (χ3v) is 6.02. The molecule has 0 amide bonds. The average molecular weight is 355 g/mol. The molecule has 1 aromatic carbocycles. The fraction of sp³-hybridized carbons (Fsp3) is 0.571. The molecule has 1 saturated heterocycles. The van der Waals surface area contributed by atoms with Gasteiger partial charge < -0.3 is 14.8 Å². The lowest BCUT2D eigenvalue weighted by molar-refractivity contribution is -0.000344. The minimum Gasteiger partial charge on any atom is -0.385 e. The normalized spacial score (nSPS) is 21.2. The molecule has 2 aliphatic rings. The summed E-state index contributed by atoms with van der Waals surface area (Å²) in [4.78, 5) is 0. The molecule has 26 heavy (non-hydrogen) atoms. The number of aromatic nitrogens is 2.